The molecule has 1 fully saturated rings. The fraction of sp³-hybridized carbons (Fsp3) is 0.200. The Morgan fingerprint density at radius 2 is 1.67 bits per heavy atom. The molecular weight excluding hydrogens is 472 g/mol. The lowest BCUT2D eigenvalue weighted by Crippen LogP contribution is -2.32. The van der Waals surface area contributed by atoms with Crippen molar-refractivity contribution in [2.24, 2.45) is 5.92 Å². The highest BCUT2D eigenvalue weighted by Crippen LogP contribution is 2.33. The molecule has 184 valence electrons. The Morgan fingerprint density at radius 1 is 1.00 bits per heavy atom. The number of carboxylic acid groups (broad SMARTS) is 1. The molecule has 0 radical (unpaired) electrons. The lowest BCUT2D eigenvalue weighted by Gasteiger charge is -2.25. The number of anilines is 1. The first-order chi connectivity index (χ1) is 17.5. The summed E-state index contributed by atoms with van der Waals surface area (Å²) >= 11 is 0. The minimum Gasteiger partial charge on any atom is -0.481 e. The van der Waals surface area contributed by atoms with Crippen molar-refractivity contribution in [1.29, 1.82) is 0 Å². The Hall–Kier alpha value is -4.22. The number of rotatable bonds is 7. The van der Waals surface area contributed by atoms with E-state index in [0.29, 0.717) is 41.0 Å². The second-order valence-corrected chi connectivity index (χ2v) is 8.13. The normalized spacial score (nSPS) is 17.6. The van der Waals surface area contributed by atoms with Gasteiger partial charge in [-0.25, -0.2) is 23.7 Å². The number of hydrogen-bond donors (Lipinski definition) is 3. The summed E-state index contributed by atoms with van der Waals surface area (Å²) in [6, 6.07) is 13.6. The molecule has 3 N–H and O–H groups in total. The average Bonchev–Trinajstić information content (AvgIpc) is 3.35. The van der Waals surface area contributed by atoms with Crippen LogP contribution in [0.15, 0.2) is 60.8 Å². The lowest BCUT2D eigenvalue weighted by atomic mass is 10.1. The zero-order valence-corrected chi connectivity index (χ0v) is 18.8. The van der Waals surface area contributed by atoms with E-state index in [0.717, 1.165) is 5.56 Å². The smallest absolute Gasteiger partial charge is 0.311 e. The minimum atomic E-state index is -0.998. The lowest BCUT2D eigenvalue weighted by molar-refractivity contribution is -0.214. The van der Waals surface area contributed by atoms with Crippen molar-refractivity contribution in [3.8, 4) is 22.6 Å². The van der Waals surface area contributed by atoms with Crippen LogP contribution in [-0.2, 0) is 20.8 Å². The molecule has 36 heavy (non-hydrogen) atoms. The summed E-state index contributed by atoms with van der Waals surface area (Å²) in [7, 11) is 0. The summed E-state index contributed by atoms with van der Waals surface area (Å²) in [6.07, 6.45) is 0.682. The number of ether oxygens (including phenoxy) is 2. The quantitative estimate of drug-likeness (QED) is 0.351. The molecule has 0 spiro atoms. The van der Waals surface area contributed by atoms with Crippen molar-refractivity contribution in [2.45, 2.75) is 12.8 Å². The number of aromatic nitrogens is 4. The van der Waals surface area contributed by atoms with E-state index in [1.165, 1.54) is 24.3 Å². The van der Waals surface area contributed by atoms with Gasteiger partial charge >= 0.3 is 5.97 Å². The first kappa shape index (κ1) is 23.5. The molecular formula is C25H21F2N5O4. The average molecular weight is 493 g/mol. The van der Waals surface area contributed by atoms with E-state index in [1.807, 2.05) is 0 Å². The molecule has 4 aromatic rings. The largest absolute Gasteiger partial charge is 0.481 e. The van der Waals surface area contributed by atoms with Crippen LogP contribution < -0.4 is 5.32 Å². The van der Waals surface area contributed by atoms with Crippen LogP contribution in [0, 0.1) is 17.6 Å². The van der Waals surface area contributed by atoms with E-state index in [-0.39, 0.29) is 24.8 Å². The van der Waals surface area contributed by atoms with E-state index < -0.39 is 18.2 Å². The third-order valence-corrected chi connectivity index (χ3v) is 5.59. The summed E-state index contributed by atoms with van der Waals surface area (Å²) < 4.78 is 37.9. The van der Waals surface area contributed by atoms with Gasteiger partial charge in [0.05, 0.1) is 30.3 Å². The number of hydrogen-bond acceptors (Lipinski definition) is 7. The first-order valence-electron chi connectivity index (χ1n) is 11.1. The van der Waals surface area contributed by atoms with Crippen molar-refractivity contribution >= 4 is 11.9 Å². The molecule has 1 aliphatic heterocycles. The third-order valence-electron chi connectivity index (χ3n) is 5.59. The fourth-order valence-electron chi connectivity index (χ4n) is 3.68. The van der Waals surface area contributed by atoms with Crippen molar-refractivity contribution < 1.29 is 28.2 Å². The summed E-state index contributed by atoms with van der Waals surface area (Å²) in [6.45, 7) is 0.344. The first-order valence-corrected chi connectivity index (χ1v) is 11.1. The topological polar surface area (TPSA) is 122 Å². The van der Waals surface area contributed by atoms with Gasteiger partial charge in [-0.1, -0.05) is 12.1 Å². The maximum absolute atomic E-state index is 13.6. The number of benzene rings is 2. The number of halogens is 2. The van der Waals surface area contributed by atoms with Crippen LogP contribution in [-0.4, -0.2) is 44.2 Å². The van der Waals surface area contributed by atoms with Crippen LogP contribution in [0.1, 0.15) is 17.7 Å². The molecule has 9 nitrogen and oxygen atoms in total. The second-order valence-electron chi connectivity index (χ2n) is 8.13. The summed E-state index contributed by atoms with van der Waals surface area (Å²) in [4.78, 5) is 27.8. The molecule has 0 aliphatic carbocycles. The number of carbonyl (C=O) groups is 1. The summed E-state index contributed by atoms with van der Waals surface area (Å²) in [5.41, 5.74) is 3.00. The Bertz CT molecular complexity index is 1350. The van der Waals surface area contributed by atoms with Crippen molar-refractivity contribution in [3.05, 3.63) is 83.8 Å². The minimum absolute atomic E-state index is 0.0210. The number of aliphatic carboxylic acids is 1. The molecule has 2 aromatic carbocycles. The van der Waals surface area contributed by atoms with E-state index in [4.69, 9.17) is 14.6 Å². The van der Waals surface area contributed by atoms with Gasteiger partial charge in [-0.15, -0.1) is 0 Å². The van der Waals surface area contributed by atoms with Crippen LogP contribution in [0.2, 0.25) is 0 Å². The van der Waals surface area contributed by atoms with Gasteiger partial charge < -0.3 is 24.9 Å². The SMILES string of the molecule is O=C(O)C1COC(c2nc(-c3ccc(F)cc3)c(-c3ccnc(NCc4ccc(F)cc4)n3)[nH]2)OC1. The monoisotopic (exact) mass is 493 g/mol. The van der Waals surface area contributed by atoms with Gasteiger partial charge in [0.1, 0.15) is 17.6 Å². The Balaban J connectivity index is 1.44. The Kier molecular flexibility index (Phi) is 6.65. The van der Waals surface area contributed by atoms with Crippen LogP contribution in [0.4, 0.5) is 14.7 Å². The number of nitrogens with zero attached hydrogens (tertiary/aromatic N) is 3. The van der Waals surface area contributed by atoms with Gasteiger partial charge in [-0.05, 0) is 48.0 Å². The second kappa shape index (κ2) is 10.2. The molecule has 11 heteroatoms. The zero-order valence-electron chi connectivity index (χ0n) is 18.8. The van der Waals surface area contributed by atoms with E-state index in [9.17, 15) is 13.6 Å². The Morgan fingerprint density at radius 3 is 2.33 bits per heavy atom. The van der Waals surface area contributed by atoms with E-state index >= 15 is 0 Å². The number of aromatic amines is 1. The molecule has 2 aromatic heterocycles. The summed E-state index contributed by atoms with van der Waals surface area (Å²) in [5.74, 6) is -1.79. The van der Waals surface area contributed by atoms with Crippen molar-refractivity contribution in [2.75, 3.05) is 18.5 Å². The predicted octanol–water partition coefficient (Wildman–Crippen LogP) is 4.17. The fourth-order valence-corrected chi connectivity index (χ4v) is 3.68. The molecule has 1 saturated heterocycles. The highest BCUT2D eigenvalue weighted by Gasteiger charge is 2.31. The molecule has 0 atom stereocenters. The van der Waals surface area contributed by atoms with Crippen LogP contribution >= 0.6 is 0 Å². The van der Waals surface area contributed by atoms with Crippen molar-refractivity contribution in [1.82, 2.24) is 19.9 Å². The number of H-pyrrole nitrogens is 1. The Labute approximate surface area is 204 Å². The van der Waals surface area contributed by atoms with Gasteiger partial charge in [0.25, 0.3) is 0 Å². The molecule has 0 bridgehead atoms. The third kappa shape index (κ3) is 5.21. The van der Waals surface area contributed by atoms with E-state index in [1.54, 1.807) is 36.5 Å². The molecule has 0 unspecified atom stereocenters. The van der Waals surface area contributed by atoms with Crippen LogP contribution in [0.5, 0.6) is 0 Å². The summed E-state index contributed by atoms with van der Waals surface area (Å²) in [5, 5.41) is 12.3. The number of nitrogens with one attached hydrogen (secondary N) is 2. The van der Waals surface area contributed by atoms with Gasteiger partial charge in [0.15, 0.2) is 5.82 Å². The zero-order chi connectivity index (χ0) is 25.1. The van der Waals surface area contributed by atoms with Crippen LogP contribution in [0.3, 0.4) is 0 Å². The van der Waals surface area contributed by atoms with E-state index in [2.05, 4.69) is 25.3 Å². The maximum atomic E-state index is 13.6. The molecule has 3 heterocycles. The van der Waals surface area contributed by atoms with Crippen molar-refractivity contribution in [3.63, 3.8) is 0 Å². The molecule has 5 rings (SSSR count). The molecule has 0 amide bonds. The van der Waals surface area contributed by atoms with Crippen LogP contribution in [0.25, 0.3) is 22.6 Å². The highest BCUT2D eigenvalue weighted by atomic mass is 19.1. The van der Waals surface area contributed by atoms with Gasteiger partial charge in [-0.3, -0.25) is 4.79 Å². The number of carboxylic acids is 1. The standard InChI is InChI=1S/C25H21F2N5O4/c26-17-5-1-14(2-6-17)11-29-25-28-10-9-19(30-25)21-20(15-3-7-18(27)8-4-15)31-22(32-21)24-35-12-16(13-36-24)23(33)34/h1-10,16,24H,11-13H2,(H,31,32)(H,33,34)(H,28,29,30). The molecule has 1 aliphatic rings. The maximum Gasteiger partial charge on any atom is 0.311 e. The number of imidazole rings is 1. The van der Waals surface area contributed by atoms with Gasteiger partial charge in [0, 0.05) is 18.3 Å². The highest BCUT2D eigenvalue weighted by molar-refractivity contribution is 5.77. The van der Waals surface area contributed by atoms with Gasteiger partial charge in [-0.2, -0.15) is 0 Å². The molecule has 0 saturated carbocycles. The predicted molar refractivity (Wildman–Crippen MR) is 125 cm³/mol. The van der Waals surface area contributed by atoms with Gasteiger partial charge in [0.2, 0.25) is 12.2 Å².